The lowest BCUT2D eigenvalue weighted by Crippen LogP contribution is -2.14. The molecule has 0 aliphatic rings. The summed E-state index contributed by atoms with van der Waals surface area (Å²) in [7, 11) is 0. The molecule has 0 aliphatic heterocycles. The Bertz CT molecular complexity index is 1390. The number of carbonyl (C=O) groups is 3. The summed E-state index contributed by atoms with van der Waals surface area (Å²) in [6, 6.07) is 28.3. The lowest BCUT2D eigenvalue weighted by atomic mass is 10.1. The third kappa shape index (κ3) is 6.92. The zero-order chi connectivity index (χ0) is 26.2. The maximum absolute atomic E-state index is 12.5. The van der Waals surface area contributed by atoms with Crippen LogP contribution >= 0.6 is 0 Å². The van der Waals surface area contributed by atoms with E-state index in [1.54, 1.807) is 24.3 Å². The Kier molecular flexibility index (Phi) is 8.11. The number of benzene rings is 4. The van der Waals surface area contributed by atoms with Gasteiger partial charge < -0.3 is 14.8 Å². The molecule has 0 spiro atoms. The second-order valence-corrected chi connectivity index (χ2v) is 8.64. The smallest absolute Gasteiger partial charge is 0.343 e. The van der Waals surface area contributed by atoms with Crippen LogP contribution in [0.5, 0.6) is 5.75 Å². The van der Waals surface area contributed by atoms with E-state index in [-0.39, 0.29) is 5.78 Å². The molecule has 0 heterocycles. The lowest BCUT2D eigenvalue weighted by Gasteiger charge is -2.10. The first kappa shape index (κ1) is 25.4. The molecule has 4 aromatic rings. The van der Waals surface area contributed by atoms with Crippen LogP contribution in [-0.4, -0.2) is 24.3 Å². The number of ketones is 1. The summed E-state index contributed by atoms with van der Waals surface area (Å²) in [6.45, 7) is 4.20. The van der Waals surface area contributed by atoms with E-state index < -0.39 is 18.5 Å². The van der Waals surface area contributed by atoms with Crippen LogP contribution in [0.4, 0.5) is 5.69 Å². The molecule has 0 atom stereocenters. The maximum atomic E-state index is 12.5. The summed E-state index contributed by atoms with van der Waals surface area (Å²) in [5, 5.41) is 3.37. The molecule has 4 aromatic carbocycles. The number of Topliss-reactive ketones (excluding diaryl/α,β-unsaturated/α-hetero) is 1. The molecule has 0 bridgehead atoms. The van der Waals surface area contributed by atoms with Crippen LogP contribution in [0.25, 0.3) is 0 Å². The monoisotopic (exact) mass is 493 g/mol. The minimum atomic E-state index is -0.574. The average molecular weight is 494 g/mol. The van der Waals surface area contributed by atoms with Crippen LogP contribution in [0, 0.1) is 13.8 Å². The number of hydrogen-bond donors (Lipinski definition) is 1. The fourth-order valence-corrected chi connectivity index (χ4v) is 3.59. The van der Waals surface area contributed by atoms with E-state index in [4.69, 9.17) is 9.47 Å². The number of anilines is 1. The van der Waals surface area contributed by atoms with E-state index in [2.05, 4.69) is 5.32 Å². The minimum absolute atomic E-state index is 0.316. The Labute approximate surface area is 215 Å². The van der Waals surface area contributed by atoms with E-state index >= 15 is 0 Å². The van der Waals surface area contributed by atoms with Gasteiger partial charge in [0, 0.05) is 17.8 Å². The molecule has 0 fully saturated rings. The van der Waals surface area contributed by atoms with Crippen LogP contribution in [0.2, 0.25) is 0 Å². The molecule has 186 valence electrons. The van der Waals surface area contributed by atoms with Crippen LogP contribution in [0.15, 0.2) is 97.1 Å². The quantitative estimate of drug-likeness (QED) is 0.170. The second-order valence-electron chi connectivity index (χ2n) is 8.64. The van der Waals surface area contributed by atoms with E-state index in [0.29, 0.717) is 29.0 Å². The van der Waals surface area contributed by atoms with Crippen molar-refractivity contribution in [1.29, 1.82) is 0 Å². The van der Waals surface area contributed by atoms with Crippen molar-refractivity contribution in [1.82, 2.24) is 0 Å². The van der Waals surface area contributed by atoms with Crippen molar-refractivity contribution in [2.24, 2.45) is 0 Å². The summed E-state index contributed by atoms with van der Waals surface area (Å²) >= 11 is 0. The van der Waals surface area contributed by atoms with Crippen molar-refractivity contribution >= 4 is 23.4 Å². The number of para-hydroxylation sites is 1. The highest BCUT2D eigenvalue weighted by Gasteiger charge is 2.13. The fraction of sp³-hybridized carbons (Fsp3) is 0.129. The summed E-state index contributed by atoms with van der Waals surface area (Å²) in [5.41, 5.74) is 5.43. The summed E-state index contributed by atoms with van der Waals surface area (Å²) in [5.74, 6) is -1.10. The van der Waals surface area contributed by atoms with Crippen LogP contribution in [0.3, 0.4) is 0 Å². The van der Waals surface area contributed by atoms with Crippen molar-refractivity contribution in [2.75, 3.05) is 11.9 Å². The maximum Gasteiger partial charge on any atom is 0.343 e. The first-order valence-electron chi connectivity index (χ1n) is 11.9. The predicted octanol–water partition coefficient (Wildman–Crippen LogP) is 6.17. The van der Waals surface area contributed by atoms with Crippen molar-refractivity contribution in [3.63, 3.8) is 0 Å². The average Bonchev–Trinajstić information content (AvgIpc) is 2.92. The van der Waals surface area contributed by atoms with Crippen molar-refractivity contribution in [3.8, 4) is 5.75 Å². The van der Waals surface area contributed by atoms with Gasteiger partial charge in [-0.25, -0.2) is 9.59 Å². The van der Waals surface area contributed by atoms with Crippen LogP contribution in [-0.2, 0) is 11.3 Å². The van der Waals surface area contributed by atoms with E-state index in [9.17, 15) is 14.4 Å². The SMILES string of the molecule is Cc1ccc(C(=O)Oc2ccc(C(=O)COC(=O)c3ccc(CNc4ccccc4C)cc3)cc2)cc1. The van der Waals surface area contributed by atoms with Gasteiger partial charge in [0.2, 0.25) is 0 Å². The van der Waals surface area contributed by atoms with Crippen molar-refractivity contribution in [2.45, 2.75) is 20.4 Å². The highest BCUT2D eigenvalue weighted by atomic mass is 16.5. The summed E-state index contributed by atoms with van der Waals surface area (Å²) in [6.07, 6.45) is 0. The molecule has 6 nitrogen and oxygen atoms in total. The van der Waals surface area contributed by atoms with Gasteiger partial charge in [0.25, 0.3) is 0 Å². The molecule has 0 aliphatic carbocycles. The number of hydrogen-bond acceptors (Lipinski definition) is 6. The standard InChI is InChI=1S/C31H27NO5/c1-21-7-11-26(12-8-21)31(35)37-27-17-15-24(16-18-27)29(33)20-36-30(34)25-13-9-23(10-14-25)19-32-28-6-4-3-5-22(28)2/h3-18,32H,19-20H2,1-2H3. The number of nitrogens with one attached hydrogen (secondary N) is 1. The summed E-state index contributed by atoms with van der Waals surface area (Å²) in [4.78, 5) is 37.1. The molecule has 0 amide bonds. The molecule has 37 heavy (non-hydrogen) atoms. The predicted molar refractivity (Wildman–Crippen MR) is 142 cm³/mol. The third-order valence-electron chi connectivity index (χ3n) is 5.83. The van der Waals surface area contributed by atoms with Gasteiger partial charge >= 0.3 is 11.9 Å². The third-order valence-corrected chi connectivity index (χ3v) is 5.83. The van der Waals surface area contributed by atoms with Crippen molar-refractivity contribution in [3.05, 3.63) is 130 Å². The Balaban J connectivity index is 1.26. The van der Waals surface area contributed by atoms with Crippen LogP contribution in [0.1, 0.15) is 47.8 Å². The molecule has 0 aromatic heterocycles. The van der Waals surface area contributed by atoms with Gasteiger partial charge in [0.15, 0.2) is 12.4 Å². The van der Waals surface area contributed by atoms with Gasteiger partial charge in [0.1, 0.15) is 5.75 Å². The normalized spacial score (nSPS) is 10.4. The van der Waals surface area contributed by atoms with Gasteiger partial charge in [0.05, 0.1) is 11.1 Å². The number of rotatable bonds is 9. The fourth-order valence-electron chi connectivity index (χ4n) is 3.59. The van der Waals surface area contributed by atoms with Gasteiger partial charge in [-0.15, -0.1) is 0 Å². The largest absolute Gasteiger partial charge is 0.454 e. The minimum Gasteiger partial charge on any atom is -0.454 e. The molecule has 0 saturated carbocycles. The molecular weight excluding hydrogens is 466 g/mol. The number of aryl methyl sites for hydroxylation is 2. The lowest BCUT2D eigenvalue weighted by molar-refractivity contribution is 0.0474. The van der Waals surface area contributed by atoms with Gasteiger partial charge in [-0.1, -0.05) is 48.0 Å². The van der Waals surface area contributed by atoms with Crippen LogP contribution < -0.4 is 10.1 Å². The Morgan fingerprint density at radius 3 is 1.95 bits per heavy atom. The molecule has 0 saturated heterocycles. The van der Waals surface area contributed by atoms with Gasteiger partial charge in [-0.3, -0.25) is 4.79 Å². The zero-order valence-electron chi connectivity index (χ0n) is 20.7. The number of ether oxygens (including phenoxy) is 2. The molecule has 6 heteroatoms. The molecule has 0 radical (unpaired) electrons. The van der Waals surface area contributed by atoms with E-state index in [1.807, 2.05) is 62.4 Å². The number of esters is 2. The molecule has 0 unspecified atom stereocenters. The highest BCUT2D eigenvalue weighted by Crippen LogP contribution is 2.17. The second kappa shape index (κ2) is 11.8. The number of carbonyl (C=O) groups excluding carboxylic acids is 3. The van der Waals surface area contributed by atoms with E-state index in [0.717, 1.165) is 22.4 Å². The van der Waals surface area contributed by atoms with E-state index in [1.165, 1.54) is 24.3 Å². The first-order valence-corrected chi connectivity index (χ1v) is 11.9. The first-order chi connectivity index (χ1) is 17.9. The zero-order valence-corrected chi connectivity index (χ0v) is 20.7. The Morgan fingerprint density at radius 2 is 1.27 bits per heavy atom. The summed E-state index contributed by atoms with van der Waals surface area (Å²) < 4.78 is 10.6. The Morgan fingerprint density at radius 1 is 0.676 bits per heavy atom. The molecule has 1 N–H and O–H groups in total. The Hall–Kier alpha value is -4.71. The molecule has 4 rings (SSSR count). The topological polar surface area (TPSA) is 81.7 Å². The highest BCUT2D eigenvalue weighted by molar-refractivity contribution is 5.99. The molecular formula is C31H27NO5. The van der Waals surface area contributed by atoms with Crippen molar-refractivity contribution < 1.29 is 23.9 Å². The van der Waals surface area contributed by atoms with Gasteiger partial charge in [-0.05, 0) is 79.6 Å². The van der Waals surface area contributed by atoms with Gasteiger partial charge in [-0.2, -0.15) is 0 Å².